The summed E-state index contributed by atoms with van der Waals surface area (Å²) in [5, 5.41) is 0. The molecule has 0 spiro atoms. The standard InChI is InChI=1S/C8H10NO/c9-8(10)6-7-4-2-1-3-5-7/h1-2,5,9H,3-4,6H2. The zero-order valence-corrected chi connectivity index (χ0v) is 5.76. The molecular weight excluding hydrogens is 126 g/mol. The van der Waals surface area contributed by atoms with Gasteiger partial charge < -0.3 is 0 Å². The maximum atomic E-state index is 10.3. The highest BCUT2D eigenvalue weighted by atomic mass is 16.1. The van der Waals surface area contributed by atoms with Gasteiger partial charge in [-0.05, 0) is 12.8 Å². The number of hydrogen-bond donors (Lipinski definition) is 0. The van der Waals surface area contributed by atoms with Gasteiger partial charge in [-0.2, -0.15) is 0 Å². The lowest BCUT2D eigenvalue weighted by Gasteiger charge is -2.03. The Morgan fingerprint density at radius 1 is 1.60 bits per heavy atom. The largest absolute Gasteiger partial charge is 0.273 e. The van der Waals surface area contributed by atoms with E-state index in [2.05, 4.69) is 6.08 Å². The molecule has 2 nitrogen and oxygen atoms in total. The van der Waals surface area contributed by atoms with Gasteiger partial charge in [-0.1, -0.05) is 23.8 Å². The summed E-state index contributed by atoms with van der Waals surface area (Å²) in [6.07, 6.45) is 8.21. The van der Waals surface area contributed by atoms with Crippen molar-refractivity contribution in [2.24, 2.45) is 0 Å². The number of allylic oxidation sites excluding steroid dienone is 3. The first kappa shape index (κ1) is 7.06. The maximum absolute atomic E-state index is 10.3. The zero-order valence-electron chi connectivity index (χ0n) is 5.76. The van der Waals surface area contributed by atoms with Crippen molar-refractivity contribution in [2.45, 2.75) is 19.3 Å². The number of nitrogens with one attached hydrogen (secondary N) is 1. The van der Waals surface area contributed by atoms with Crippen LogP contribution in [-0.4, -0.2) is 5.91 Å². The van der Waals surface area contributed by atoms with Crippen molar-refractivity contribution in [1.29, 1.82) is 0 Å². The van der Waals surface area contributed by atoms with Crippen LogP contribution in [0.1, 0.15) is 19.3 Å². The maximum Gasteiger partial charge on any atom is 0.242 e. The Morgan fingerprint density at radius 3 is 2.90 bits per heavy atom. The van der Waals surface area contributed by atoms with Crippen LogP contribution in [0.4, 0.5) is 0 Å². The van der Waals surface area contributed by atoms with Crippen LogP contribution in [0.2, 0.25) is 0 Å². The van der Waals surface area contributed by atoms with Crippen molar-refractivity contribution >= 4 is 5.91 Å². The molecule has 1 aliphatic rings. The third-order valence-corrected chi connectivity index (χ3v) is 1.48. The van der Waals surface area contributed by atoms with Crippen LogP contribution in [0.3, 0.4) is 0 Å². The molecule has 0 aliphatic heterocycles. The van der Waals surface area contributed by atoms with Crippen molar-refractivity contribution in [3.05, 3.63) is 23.8 Å². The Hall–Kier alpha value is -1.05. The summed E-state index contributed by atoms with van der Waals surface area (Å²) in [4.78, 5) is 10.3. The minimum atomic E-state index is -0.485. The van der Waals surface area contributed by atoms with Crippen LogP contribution in [0.5, 0.6) is 0 Å². The summed E-state index contributed by atoms with van der Waals surface area (Å²) in [7, 11) is 0. The number of carbonyl (C=O) groups is 1. The van der Waals surface area contributed by atoms with E-state index in [-0.39, 0.29) is 0 Å². The average Bonchev–Trinajstić information content (AvgIpc) is 1.88. The molecule has 53 valence electrons. The molecule has 0 saturated carbocycles. The second-order valence-electron chi connectivity index (χ2n) is 2.37. The quantitative estimate of drug-likeness (QED) is 0.530. The van der Waals surface area contributed by atoms with Crippen LogP contribution in [-0.2, 0) is 4.79 Å². The molecule has 0 aromatic rings. The first-order valence-electron chi connectivity index (χ1n) is 3.36. The number of carbonyl (C=O) groups excluding carboxylic acids is 1. The normalized spacial score (nSPS) is 16.6. The molecule has 1 N–H and O–H groups in total. The lowest BCUT2D eigenvalue weighted by atomic mass is 10.0. The van der Waals surface area contributed by atoms with E-state index >= 15 is 0 Å². The van der Waals surface area contributed by atoms with E-state index in [4.69, 9.17) is 5.73 Å². The van der Waals surface area contributed by atoms with E-state index in [1.807, 2.05) is 12.2 Å². The molecule has 1 amide bonds. The smallest absolute Gasteiger partial charge is 0.242 e. The molecule has 1 rings (SSSR count). The molecule has 0 fully saturated rings. The predicted octanol–water partition coefficient (Wildman–Crippen LogP) is 1.46. The molecule has 0 unspecified atom stereocenters. The molecular formula is C8H10NO. The van der Waals surface area contributed by atoms with Crippen molar-refractivity contribution in [3.8, 4) is 0 Å². The highest BCUT2D eigenvalue weighted by molar-refractivity contribution is 5.75. The molecule has 0 bridgehead atoms. The number of rotatable bonds is 2. The van der Waals surface area contributed by atoms with Gasteiger partial charge in [-0.25, -0.2) is 0 Å². The highest BCUT2D eigenvalue weighted by Crippen LogP contribution is 2.13. The molecule has 0 aromatic carbocycles. The fraction of sp³-hybridized carbons (Fsp3) is 0.375. The average molecular weight is 136 g/mol. The van der Waals surface area contributed by atoms with Gasteiger partial charge in [0.15, 0.2) is 0 Å². The van der Waals surface area contributed by atoms with Gasteiger partial charge >= 0.3 is 0 Å². The van der Waals surface area contributed by atoms with Crippen LogP contribution in [0.15, 0.2) is 23.8 Å². The Labute approximate surface area is 60.4 Å². The van der Waals surface area contributed by atoms with Crippen molar-refractivity contribution < 1.29 is 4.79 Å². The first-order chi connectivity index (χ1) is 4.79. The Kier molecular flexibility index (Phi) is 2.26. The summed E-state index contributed by atoms with van der Waals surface area (Å²) in [6, 6.07) is 0. The molecule has 0 heterocycles. The van der Waals surface area contributed by atoms with E-state index in [1.165, 1.54) is 0 Å². The number of hydrogen-bond acceptors (Lipinski definition) is 1. The van der Waals surface area contributed by atoms with Crippen molar-refractivity contribution in [1.82, 2.24) is 5.73 Å². The van der Waals surface area contributed by atoms with Gasteiger partial charge in [0.25, 0.3) is 0 Å². The Morgan fingerprint density at radius 2 is 2.40 bits per heavy atom. The SMILES string of the molecule is [NH]C(=O)CC1=CCC=CC1. The Balaban J connectivity index is 2.41. The summed E-state index contributed by atoms with van der Waals surface area (Å²) in [5.74, 6) is -0.485. The van der Waals surface area contributed by atoms with E-state index in [0.717, 1.165) is 18.4 Å². The molecule has 10 heavy (non-hydrogen) atoms. The third-order valence-electron chi connectivity index (χ3n) is 1.48. The van der Waals surface area contributed by atoms with Gasteiger partial charge in [-0.15, -0.1) is 0 Å². The fourth-order valence-electron chi connectivity index (χ4n) is 1.000. The van der Waals surface area contributed by atoms with Crippen LogP contribution >= 0.6 is 0 Å². The monoisotopic (exact) mass is 136 g/mol. The minimum absolute atomic E-state index is 0.310. The second kappa shape index (κ2) is 3.20. The third kappa shape index (κ3) is 2.05. The fourth-order valence-corrected chi connectivity index (χ4v) is 1.000. The summed E-state index contributed by atoms with van der Waals surface area (Å²) in [5.41, 5.74) is 7.80. The van der Waals surface area contributed by atoms with Gasteiger partial charge in [-0.3, -0.25) is 10.5 Å². The van der Waals surface area contributed by atoms with E-state index < -0.39 is 5.91 Å². The van der Waals surface area contributed by atoms with Crippen molar-refractivity contribution in [3.63, 3.8) is 0 Å². The van der Waals surface area contributed by atoms with E-state index in [1.54, 1.807) is 0 Å². The predicted molar refractivity (Wildman–Crippen MR) is 39.2 cm³/mol. The van der Waals surface area contributed by atoms with Crippen molar-refractivity contribution in [2.75, 3.05) is 0 Å². The van der Waals surface area contributed by atoms with Crippen LogP contribution < -0.4 is 5.73 Å². The lowest BCUT2D eigenvalue weighted by molar-refractivity contribution is -0.118. The van der Waals surface area contributed by atoms with Gasteiger partial charge in [0.05, 0.1) is 0 Å². The molecule has 1 radical (unpaired) electrons. The zero-order chi connectivity index (χ0) is 7.40. The van der Waals surface area contributed by atoms with Crippen LogP contribution in [0.25, 0.3) is 0 Å². The van der Waals surface area contributed by atoms with Gasteiger partial charge in [0.1, 0.15) is 0 Å². The Bertz CT molecular complexity index is 191. The van der Waals surface area contributed by atoms with Gasteiger partial charge in [0, 0.05) is 6.42 Å². The van der Waals surface area contributed by atoms with E-state index in [0.29, 0.717) is 6.42 Å². The molecule has 2 heteroatoms. The topological polar surface area (TPSA) is 40.9 Å². The van der Waals surface area contributed by atoms with E-state index in [9.17, 15) is 4.79 Å². The lowest BCUT2D eigenvalue weighted by Crippen LogP contribution is -2.00. The first-order valence-corrected chi connectivity index (χ1v) is 3.36. The van der Waals surface area contributed by atoms with Crippen LogP contribution in [0, 0.1) is 0 Å². The molecule has 0 aromatic heterocycles. The minimum Gasteiger partial charge on any atom is -0.273 e. The second-order valence-corrected chi connectivity index (χ2v) is 2.37. The highest BCUT2D eigenvalue weighted by Gasteiger charge is 2.02. The molecule has 0 atom stereocenters. The summed E-state index contributed by atoms with van der Waals surface area (Å²) >= 11 is 0. The molecule has 1 aliphatic carbocycles. The molecule has 0 saturated heterocycles. The number of amides is 1. The van der Waals surface area contributed by atoms with Gasteiger partial charge in [0.2, 0.25) is 5.91 Å². The summed E-state index contributed by atoms with van der Waals surface area (Å²) in [6.45, 7) is 0. The summed E-state index contributed by atoms with van der Waals surface area (Å²) < 4.78 is 0.